The maximum Gasteiger partial charge on any atom is 0.309 e. The van der Waals surface area contributed by atoms with Crippen molar-refractivity contribution in [2.75, 3.05) is 19.8 Å². The van der Waals surface area contributed by atoms with Gasteiger partial charge in [0.25, 0.3) is 0 Å². The van der Waals surface area contributed by atoms with Crippen LogP contribution in [0.4, 0.5) is 0 Å². The number of aliphatic hydroxyl groups is 3. The van der Waals surface area contributed by atoms with E-state index in [1.807, 2.05) is 42.5 Å². The van der Waals surface area contributed by atoms with E-state index in [4.69, 9.17) is 32.7 Å². The van der Waals surface area contributed by atoms with E-state index in [9.17, 15) is 9.90 Å². The van der Waals surface area contributed by atoms with Crippen LogP contribution >= 0.6 is 11.6 Å². The van der Waals surface area contributed by atoms with E-state index < -0.39 is 31.3 Å². The largest absolute Gasteiger partial charge is 0.481 e. The van der Waals surface area contributed by atoms with Gasteiger partial charge in [0.05, 0.1) is 31.8 Å². The average Bonchev–Trinajstić information content (AvgIpc) is 3.30. The molecule has 0 radical (unpaired) electrons. The predicted octanol–water partition coefficient (Wildman–Crippen LogP) is 3.35. The van der Waals surface area contributed by atoms with E-state index >= 15 is 0 Å². The SMILES string of the molecule is CC1(C)Cc2c(-c3ccccc3)c(-c3ccc(Cl)cc3)c(CC(=O)O)n2C1.NC(CO)(CO)CO. The molecule has 188 valence electrons. The third-order valence-electron chi connectivity index (χ3n) is 6.17. The van der Waals surface area contributed by atoms with Gasteiger partial charge in [-0.25, -0.2) is 0 Å². The number of carboxylic acid groups (broad SMARTS) is 1. The van der Waals surface area contributed by atoms with E-state index in [1.54, 1.807) is 0 Å². The van der Waals surface area contributed by atoms with Crippen LogP contribution in [0.3, 0.4) is 0 Å². The van der Waals surface area contributed by atoms with Crippen LogP contribution in [0, 0.1) is 5.41 Å². The molecule has 1 aromatic heterocycles. The lowest BCUT2D eigenvalue weighted by atomic mass is 9.86. The van der Waals surface area contributed by atoms with Crippen molar-refractivity contribution < 1.29 is 25.2 Å². The first kappa shape index (κ1) is 26.9. The lowest BCUT2D eigenvalue weighted by Gasteiger charge is -2.20. The minimum absolute atomic E-state index is 0.00781. The molecule has 0 fully saturated rings. The zero-order chi connectivity index (χ0) is 25.8. The van der Waals surface area contributed by atoms with Crippen molar-refractivity contribution in [1.29, 1.82) is 0 Å². The molecule has 0 bridgehead atoms. The Balaban J connectivity index is 0.000000371. The molecule has 0 amide bonds. The summed E-state index contributed by atoms with van der Waals surface area (Å²) in [6.45, 7) is 4.10. The van der Waals surface area contributed by atoms with Gasteiger partial charge >= 0.3 is 5.97 Å². The number of nitrogens with zero attached hydrogens (tertiary/aromatic N) is 1. The summed E-state index contributed by atoms with van der Waals surface area (Å²) < 4.78 is 2.24. The number of aromatic nitrogens is 1. The van der Waals surface area contributed by atoms with Gasteiger partial charge in [0.2, 0.25) is 0 Å². The number of carbonyl (C=O) groups is 1. The summed E-state index contributed by atoms with van der Waals surface area (Å²) in [6, 6.07) is 18.0. The molecule has 1 aliphatic heterocycles. The van der Waals surface area contributed by atoms with Gasteiger partial charge in [-0.2, -0.15) is 0 Å². The first-order chi connectivity index (χ1) is 16.5. The van der Waals surface area contributed by atoms with Gasteiger partial charge in [0.15, 0.2) is 0 Å². The minimum Gasteiger partial charge on any atom is -0.481 e. The lowest BCUT2D eigenvalue weighted by Crippen LogP contribution is -2.50. The highest BCUT2D eigenvalue weighted by Crippen LogP contribution is 2.47. The summed E-state index contributed by atoms with van der Waals surface area (Å²) in [6.07, 6.45) is 0.936. The summed E-state index contributed by atoms with van der Waals surface area (Å²) in [5.74, 6) is -0.810. The van der Waals surface area contributed by atoms with Gasteiger partial charge in [-0.3, -0.25) is 4.79 Å². The summed E-state index contributed by atoms with van der Waals surface area (Å²) >= 11 is 6.09. The summed E-state index contributed by atoms with van der Waals surface area (Å²) in [4.78, 5) is 11.7. The molecule has 35 heavy (non-hydrogen) atoms. The van der Waals surface area contributed by atoms with Crippen LogP contribution in [0.1, 0.15) is 25.2 Å². The van der Waals surface area contributed by atoms with E-state index in [2.05, 4.69) is 30.5 Å². The fourth-order valence-electron chi connectivity index (χ4n) is 4.35. The molecule has 1 aliphatic rings. The first-order valence-corrected chi connectivity index (χ1v) is 11.8. The van der Waals surface area contributed by atoms with Crippen LogP contribution in [-0.4, -0.2) is 56.3 Å². The van der Waals surface area contributed by atoms with Crippen LogP contribution in [0.15, 0.2) is 54.6 Å². The second-order valence-corrected chi connectivity index (χ2v) is 10.3. The highest BCUT2D eigenvalue weighted by molar-refractivity contribution is 6.30. The van der Waals surface area contributed by atoms with Crippen molar-refractivity contribution >= 4 is 17.6 Å². The van der Waals surface area contributed by atoms with Crippen LogP contribution in [0.2, 0.25) is 5.02 Å². The highest BCUT2D eigenvalue weighted by Gasteiger charge is 2.36. The molecule has 0 saturated carbocycles. The number of rotatable bonds is 7. The van der Waals surface area contributed by atoms with Crippen molar-refractivity contribution in [3.8, 4) is 22.3 Å². The van der Waals surface area contributed by atoms with Crippen LogP contribution in [0.5, 0.6) is 0 Å². The van der Waals surface area contributed by atoms with Gasteiger partial charge in [-0.1, -0.05) is 67.9 Å². The average molecular weight is 501 g/mol. The molecule has 6 N–H and O–H groups in total. The summed E-state index contributed by atoms with van der Waals surface area (Å²) in [5.41, 5.74) is 10.5. The molecule has 0 saturated heterocycles. The second-order valence-electron chi connectivity index (χ2n) is 9.85. The Morgan fingerprint density at radius 3 is 2.00 bits per heavy atom. The molecule has 8 heteroatoms. The number of aliphatic hydroxyl groups excluding tert-OH is 3. The predicted molar refractivity (Wildman–Crippen MR) is 137 cm³/mol. The van der Waals surface area contributed by atoms with E-state index in [-0.39, 0.29) is 11.8 Å². The zero-order valence-corrected chi connectivity index (χ0v) is 20.8. The number of aliphatic carboxylic acids is 1. The maximum absolute atomic E-state index is 11.7. The minimum atomic E-state index is -1.21. The molecular formula is C27H33ClN2O5. The van der Waals surface area contributed by atoms with Gasteiger partial charge in [-0.05, 0) is 35.1 Å². The van der Waals surface area contributed by atoms with Crippen molar-refractivity contribution in [1.82, 2.24) is 4.57 Å². The topological polar surface area (TPSA) is 129 Å². The molecule has 7 nitrogen and oxygen atoms in total. The molecule has 0 aliphatic carbocycles. The quantitative estimate of drug-likeness (QED) is 0.338. The number of nitrogens with two attached hydrogens (primary N) is 1. The van der Waals surface area contributed by atoms with E-state index in [1.165, 1.54) is 5.69 Å². The third kappa shape index (κ3) is 6.12. The van der Waals surface area contributed by atoms with Gasteiger partial charge in [0.1, 0.15) is 0 Å². The van der Waals surface area contributed by atoms with Crippen LogP contribution < -0.4 is 5.73 Å². The number of hydrogen-bond donors (Lipinski definition) is 5. The number of carboxylic acids is 1. The molecule has 0 unspecified atom stereocenters. The molecule has 0 atom stereocenters. The highest BCUT2D eigenvalue weighted by atomic mass is 35.5. The molecular weight excluding hydrogens is 468 g/mol. The van der Waals surface area contributed by atoms with Crippen LogP contribution in [0.25, 0.3) is 22.3 Å². The molecule has 2 heterocycles. The lowest BCUT2D eigenvalue weighted by molar-refractivity contribution is -0.136. The monoisotopic (exact) mass is 500 g/mol. The Bertz CT molecular complexity index is 1140. The Morgan fingerprint density at radius 2 is 1.51 bits per heavy atom. The first-order valence-electron chi connectivity index (χ1n) is 11.4. The molecule has 3 aromatic rings. The van der Waals surface area contributed by atoms with Crippen molar-refractivity contribution in [2.24, 2.45) is 11.1 Å². The van der Waals surface area contributed by atoms with Gasteiger partial charge in [-0.15, -0.1) is 0 Å². The van der Waals surface area contributed by atoms with Crippen LogP contribution in [-0.2, 0) is 24.2 Å². The summed E-state index contributed by atoms with van der Waals surface area (Å²) in [5, 5.41) is 35.3. The summed E-state index contributed by atoms with van der Waals surface area (Å²) in [7, 11) is 0. The Kier molecular flexibility index (Phi) is 8.41. The molecule has 0 spiro atoms. The Labute approximate surface area is 210 Å². The Morgan fingerprint density at radius 1 is 0.971 bits per heavy atom. The number of halogens is 1. The molecule has 2 aromatic carbocycles. The maximum atomic E-state index is 11.7. The second kappa shape index (κ2) is 10.9. The molecule has 4 rings (SSSR count). The number of hydrogen-bond acceptors (Lipinski definition) is 5. The zero-order valence-electron chi connectivity index (χ0n) is 20.0. The van der Waals surface area contributed by atoms with Crippen molar-refractivity contribution in [3.63, 3.8) is 0 Å². The number of benzene rings is 2. The third-order valence-corrected chi connectivity index (χ3v) is 6.42. The van der Waals surface area contributed by atoms with Crippen molar-refractivity contribution in [2.45, 2.75) is 38.8 Å². The fraction of sp³-hybridized carbons (Fsp3) is 0.370. The smallest absolute Gasteiger partial charge is 0.309 e. The van der Waals surface area contributed by atoms with Gasteiger partial charge in [0, 0.05) is 34.1 Å². The number of fused-ring (bicyclic) bond motifs is 1. The fourth-order valence-corrected chi connectivity index (χ4v) is 4.48. The standard InChI is InChI=1S/C23H22ClNO2.C4H11NO3/c1-23(2)13-19-22(15-6-4-3-5-7-15)21(16-8-10-17(24)11-9-16)18(12-20(26)27)25(19)14-23;5-4(1-6,2-7)3-8/h3-11H,12-14H2,1-2H3,(H,26,27);6-8H,1-3,5H2. The van der Waals surface area contributed by atoms with Crippen molar-refractivity contribution in [3.05, 3.63) is 71.0 Å². The van der Waals surface area contributed by atoms with E-state index in [0.717, 1.165) is 40.9 Å². The van der Waals surface area contributed by atoms with Gasteiger partial charge < -0.3 is 30.7 Å². The normalized spacial score (nSPS) is 14.3. The Hall–Kier alpha value is -2.68. The van der Waals surface area contributed by atoms with E-state index in [0.29, 0.717) is 5.02 Å².